The minimum atomic E-state index is -0.451. The van der Waals surface area contributed by atoms with Gasteiger partial charge in [-0.05, 0) is 55.8 Å². The fourth-order valence-corrected chi connectivity index (χ4v) is 3.76. The van der Waals surface area contributed by atoms with Gasteiger partial charge in [0.15, 0.2) is 0 Å². The number of hydroxylamine groups is 2. The summed E-state index contributed by atoms with van der Waals surface area (Å²) in [5, 5.41) is 11.5. The third-order valence-electron chi connectivity index (χ3n) is 5.21. The molecule has 0 radical (unpaired) electrons. The molecule has 1 amide bonds. The van der Waals surface area contributed by atoms with E-state index in [1.165, 1.54) is 12.1 Å². The van der Waals surface area contributed by atoms with Crippen molar-refractivity contribution in [3.63, 3.8) is 0 Å². The van der Waals surface area contributed by atoms with Crippen LogP contribution in [0.4, 0.5) is 4.39 Å². The Morgan fingerprint density at radius 3 is 2.71 bits per heavy atom. The van der Waals surface area contributed by atoms with Crippen molar-refractivity contribution in [3.05, 3.63) is 64.9 Å². The average Bonchev–Trinajstić information content (AvgIpc) is 3.02. The largest absolute Gasteiger partial charge is 0.342 e. The monoisotopic (exact) mass is 382 g/mol. The molecule has 1 aliphatic heterocycles. The summed E-state index contributed by atoms with van der Waals surface area (Å²) in [6.07, 6.45) is 5.22. The lowest BCUT2D eigenvalue weighted by Gasteiger charge is -2.23. The summed E-state index contributed by atoms with van der Waals surface area (Å²) < 4.78 is 15.3. The number of halogens is 1. The lowest BCUT2D eigenvalue weighted by Crippen LogP contribution is -2.35. The number of aromatic nitrogens is 2. The Morgan fingerprint density at radius 2 is 2.00 bits per heavy atom. The van der Waals surface area contributed by atoms with E-state index in [4.69, 9.17) is 0 Å². The summed E-state index contributed by atoms with van der Waals surface area (Å²) in [6.45, 7) is 1.75. The molecule has 0 atom stereocenters. The first-order valence-electron chi connectivity index (χ1n) is 9.33. The van der Waals surface area contributed by atoms with Gasteiger partial charge in [0.1, 0.15) is 11.5 Å². The van der Waals surface area contributed by atoms with E-state index in [-0.39, 0.29) is 12.4 Å². The Morgan fingerprint density at radius 1 is 1.25 bits per heavy atom. The molecule has 0 spiro atoms. The zero-order valence-corrected chi connectivity index (χ0v) is 16.0. The zero-order chi connectivity index (χ0) is 19.8. The third kappa shape index (κ3) is 3.39. The zero-order valence-electron chi connectivity index (χ0n) is 16.0. The van der Waals surface area contributed by atoms with E-state index in [9.17, 15) is 14.4 Å². The van der Waals surface area contributed by atoms with E-state index in [1.54, 1.807) is 18.3 Å². The molecule has 0 saturated heterocycles. The van der Waals surface area contributed by atoms with Gasteiger partial charge < -0.3 is 9.47 Å². The second-order valence-electron chi connectivity index (χ2n) is 7.49. The number of hydrogen-bond acceptors (Lipinski definition) is 4. The molecular formula is C21H23FN4O2. The molecular weight excluding hydrogens is 359 g/mol. The van der Waals surface area contributed by atoms with Gasteiger partial charge in [0, 0.05) is 24.7 Å². The van der Waals surface area contributed by atoms with Gasteiger partial charge in [0.25, 0.3) is 5.91 Å². The number of likely N-dealkylation sites (N-methyl/N-ethyl adjacent to an activating group) is 1. The summed E-state index contributed by atoms with van der Waals surface area (Å²) in [6, 6.07) is 6.48. The molecule has 2 aromatic heterocycles. The van der Waals surface area contributed by atoms with Crippen molar-refractivity contribution >= 4 is 16.8 Å². The number of carbonyl (C=O) groups is 1. The van der Waals surface area contributed by atoms with Crippen LogP contribution < -0.4 is 0 Å². The minimum Gasteiger partial charge on any atom is -0.342 e. The second kappa shape index (κ2) is 7.33. The van der Waals surface area contributed by atoms with Crippen LogP contribution in [-0.4, -0.2) is 57.8 Å². The van der Waals surface area contributed by atoms with Crippen molar-refractivity contribution in [1.29, 1.82) is 0 Å². The molecule has 4 rings (SSSR count). The molecule has 7 heteroatoms. The highest BCUT2D eigenvalue weighted by Crippen LogP contribution is 2.30. The van der Waals surface area contributed by atoms with Crippen molar-refractivity contribution in [2.75, 3.05) is 27.2 Å². The van der Waals surface area contributed by atoms with Gasteiger partial charge in [0.05, 0.1) is 18.3 Å². The van der Waals surface area contributed by atoms with Gasteiger partial charge >= 0.3 is 0 Å². The average molecular weight is 382 g/mol. The molecule has 1 aromatic carbocycles. The van der Waals surface area contributed by atoms with E-state index < -0.39 is 5.91 Å². The minimum absolute atomic E-state index is 0.254. The molecule has 146 valence electrons. The number of rotatable bonds is 5. The first kappa shape index (κ1) is 18.6. The number of amides is 1. The first-order valence-corrected chi connectivity index (χ1v) is 9.33. The number of benzene rings is 1. The van der Waals surface area contributed by atoms with Crippen LogP contribution in [0.15, 0.2) is 36.7 Å². The van der Waals surface area contributed by atoms with Gasteiger partial charge in [-0.1, -0.05) is 12.1 Å². The van der Waals surface area contributed by atoms with Crippen LogP contribution in [0.25, 0.3) is 10.9 Å². The lowest BCUT2D eigenvalue weighted by molar-refractivity contribution is -0.0606. The predicted molar refractivity (Wildman–Crippen MR) is 104 cm³/mol. The topological polar surface area (TPSA) is 61.6 Å². The van der Waals surface area contributed by atoms with Crippen molar-refractivity contribution in [1.82, 2.24) is 19.5 Å². The van der Waals surface area contributed by atoms with Crippen LogP contribution in [0, 0.1) is 5.82 Å². The van der Waals surface area contributed by atoms with Crippen LogP contribution in [-0.2, 0) is 19.4 Å². The summed E-state index contributed by atoms with van der Waals surface area (Å²) >= 11 is 0. The number of fused-ring (bicyclic) bond motifs is 3. The van der Waals surface area contributed by atoms with E-state index in [0.29, 0.717) is 18.7 Å². The van der Waals surface area contributed by atoms with E-state index >= 15 is 0 Å². The Labute approximate surface area is 162 Å². The molecule has 0 aliphatic carbocycles. The Kier molecular flexibility index (Phi) is 4.87. The first-order chi connectivity index (χ1) is 13.4. The normalized spacial score (nSPS) is 14.2. The quantitative estimate of drug-likeness (QED) is 0.690. The van der Waals surface area contributed by atoms with Crippen LogP contribution in [0.1, 0.15) is 27.2 Å². The van der Waals surface area contributed by atoms with Crippen molar-refractivity contribution in [2.45, 2.75) is 19.4 Å². The van der Waals surface area contributed by atoms with Crippen LogP contribution in [0.2, 0.25) is 0 Å². The Hall–Kier alpha value is -2.77. The summed E-state index contributed by atoms with van der Waals surface area (Å²) in [7, 11) is 4.06. The van der Waals surface area contributed by atoms with Gasteiger partial charge in [-0.2, -0.15) is 0 Å². The summed E-state index contributed by atoms with van der Waals surface area (Å²) in [5.74, 6) is -0.705. The highest BCUT2D eigenvalue weighted by Gasteiger charge is 2.28. The maximum atomic E-state index is 13.2. The number of nitrogens with zero attached hydrogens (tertiary/aromatic N) is 4. The van der Waals surface area contributed by atoms with Gasteiger partial charge in [-0.3, -0.25) is 10.0 Å². The molecule has 3 heterocycles. The molecule has 0 bridgehead atoms. The standard InChI is InChI=1S/C21H23FN4O2/c1-24(2)9-7-15-13-25(12-14-3-5-16(22)6-4-14)18-11-23-20-17(19(15)18)8-10-26(28)21(20)27/h3-6,11,13,28H,7-10,12H2,1-2H3. The smallest absolute Gasteiger partial charge is 0.296 e. The molecule has 0 saturated carbocycles. The highest BCUT2D eigenvalue weighted by atomic mass is 19.1. The maximum absolute atomic E-state index is 13.2. The van der Waals surface area contributed by atoms with Crippen LogP contribution in [0.5, 0.6) is 0 Å². The molecule has 1 aliphatic rings. The van der Waals surface area contributed by atoms with Crippen LogP contribution in [0.3, 0.4) is 0 Å². The Balaban J connectivity index is 1.82. The number of pyridine rings is 1. The number of carbonyl (C=O) groups excluding carboxylic acids is 1. The lowest BCUT2D eigenvalue weighted by atomic mass is 9.98. The van der Waals surface area contributed by atoms with Crippen molar-refractivity contribution < 1.29 is 14.4 Å². The Bertz CT molecular complexity index is 1030. The molecule has 0 unspecified atom stereocenters. The highest BCUT2D eigenvalue weighted by molar-refractivity contribution is 6.00. The molecule has 6 nitrogen and oxygen atoms in total. The van der Waals surface area contributed by atoms with Crippen molar-refractivity contribution in [3.8, 4) is 0 Å². The van der Waals surface area contributed by atoms with Gasteiger partial charge in [-0.15, -0.1) is 0 Å². The molecule has 3 aromatic rings. The number of hydrogen-bond donors (Lipinski definition) is 1. The SMILES string of the molecule is CN(C)CCc1cn(Cc2ccc(F)cc2)c2cnc3c(c12)CCN(O)C3=O. The third-order valence-corrected chi connectivity index (χ3v) is 5.21. The fourth-order valence-electron chi connectivity index (χ4n) is 3.76. The van der Waals surface area contributed by atoms with Gasteiger partial charge in [-0.25, -0.2) is 14.4 Å². The summed E-state index contributed by atoms with van der Waals surface area (Å²) in [4.78, 5) is 18.8. The predicted octanol–water partition coefficient (Wildman–Crippen LogP) is 2.72. The van der Waals surface area contributed by atoms with Gasteiger partial charge in [0.2, 0.25) is 0 Å². The maximum Gasteiger partial charge on any atom is 0.296 e. The van der Waals surface area contributed by atoms with Crippen LogP contribution >= 0.6 is 0 Å². The fraction of sp³-hybridized carbons (Fsp3) is 0.333. The van der Waals surface area contributed by atoms with E-state index in [2.05, 4.69) is 20.6 Å². The summed E-state index contributed by atoms with van der Waals surface area (Å²) in [5.41, 5.74) is 4.33. The molecule has 28 heavy (non-hydrogen) atoms. The molecule has 0 fully saturated rings. The molecule has 1 N–H and O–H groups in total. The van der Waals surface area contributed by atoms with Crippen molar-refractivity contribution in [2.24, 2.45) is 0 Å². The second-order valence-corrected chi connectivity index (χ2v) is 7.49. The van der Waals surface area contributed by atoms with E-state index in [1.807, 2.05) is 14.1 Å². The van der Waals surface area contributed by atoms with E-state index in [0.717, 1.165) is 45.6 Å².